The molecule has 3 heterocycles. The van der Waals surface area contributed by atoms with Crippen LogP contribution in [-0.4, -0.2) is 112 Å². The van der Waals surface area contributed by atoms with E-state index in [1.54, 1.807) is 6.92 Å². The lowest BCUT2D eigenvalue weighted by Gasteiger charge is -2.15. The Morgan fingerprint density at radius 3 is 1.76 bits per heavy atom. The van der Waals surface area contributed by atoms with E-state index in [1.807, 2.05) is 69.3 Å². The van der Waals surface area contributed by atoms with E-state index in [-0.39, 0.29) is 64.9 Å². The highest BCUT2D eigenvalue weighted by Gasteiger charge is 2.34. The number of sulfonamides is 2. The second-order valence-electron chi connectivity index (χ2n) is 22.9. The molecule has 534 valence electrons. The number of nitrogens with zero attached hydrogens (tertiary/aromatic N) is 9. The second kappa shape index (κ2) is 41.4. The number of unbranched alkanes of at least 4 members (excludes halogenated alkanes) is 7. The van der Waals surface area contributed by atoms with E-state index in [2.05, 4.69) is 129 Å². The molecule has 0 spiro atoms. The molecule has 0 aliphatic carbocycles. The van der Waals surface area contributed by atoms with Gasteiger partial charge in [0.1, 0.15) is 17.4 Å². The van der Waals surface area contributed by atoms with Crippen LogP contribution in [0.1, 0.15) is 140 Å². The number of hydrogen-bond acceptors (Lipinski definition) is 19. The maximum Gasteiger partial charge on any atom is 0.451 e. The molecule has 5 aromatic carbocycles. The van der Waals surface area contributed by atoms with Crippen molar-refractivity contribution in [1.82, 2.24) is 44.6 Å². The van der Waals surface area contributed by atoms with Crippen LogP contribution in [-0.2, 0) is 53.6 Å². The number of alkyl halides is 3. The summed E-state index contributed by atoms with van der Waals surface area (Å²) in [6.45, 7) is 31.3. The van der Waals surface area contributed by atoms with E-state index in [9.17, 15) is 38.4 Å². The van der Waals surface area contributed by atoms with Gasteiger partial charge in [0.25, 0.3) is 0 Å². The molecule has 0 saturated carbocycles. The maximum absolute atomic E-state index is 12.8. The average molecular weight is 1430 g/mol. The van der Waals surface area contributed by atoms with E-state index < -0.39 is 41.9 Å². The molecule has 0 fully saturated rings. The van der Waals surface area contributed by atoms with E-state index in [0.717, 1.165) is 77.4 Å². The lowest BCUT2D eigenvalue weighted by atomic mass is 10.1. The van der Waals surface area contributed by atoms with Crippen molar-refractivity contribution in [1.29, 1.82) is 0 Å². The summed E-state index contributed by atoms with van der Waals surface area (Å²) in [6.07, 6.45) is 7.90. The number of fused-ring (bicyclic) bond motifs is 1. The Morgan fingerprint density at radius 1 is 0.566 bits per heavy atom. The van der Waals surface area contributed by atoms with Gasteiger partial charge in [0.2, 0.25) is 25.9 Å². The van der Waals surface area contributed by atoms with E-state index in [4.69, 9.17) is 32.1 Å². The minimum atomic E-state index is -4.54. The van der Waals surface area contributed by atoms with Gasteiger partial charge in [-0.3, -0.25) is 15.1 Å². The molecule has 4 N–H and O–H groups in total. The maximum atomic E-state index is 12.8. The molecule has 0 saturated heterocycles. The monoisotopic (exact) mass is 1430 g/mol. The topological polar surface area (TPSA) is 286 Å². The quantitative estimate of drug-likeness (QED) is 0.0192. The van der Waals surface area contributed by atoms with Crippen LogP contribution < -0.4 is 34.7 Å². The third-order valence-corrected chi connectivity index (χ3v) is 17.6. The lowest BCUT2D eigenvalue weighted by Crippen LogP contribution is -2.32. The summed E-state index contributed by atoms with van der Waals surface area (Å²) in [4.78, 5) is 38.4. The van der Waals surface area contributed by atoms with Crippen LogP contribution in [0.25, 0.3) is 20.6 Å². The number of aryl methyl sites for hydroxylation is 6. The highest BCUT2D eigenvalue weighted by molar-refractivity contribution is 7.91. The fourth-order valence-corrected chi connectivity index (χ4v) is 11.9. The number of nitrogens with one attached hydrogen (secondary N) is 4. The van der Waals surface area contributed by atoms with E-state index >= 15 is 0 Å². The van der Waals surface area contributed by atoms with Gasteiger partial charge in [0, 0.05) is 49.4 Å². The molecule has 0 unspecified atom stereocenters. The van der Waals surface area contributed by atoms with Crippen molar-refractivity contribution < 1.29 is 57.4 Å². The molecule has 8 aromatic rings. The van der Waals surface area contributed by atoms with Crippen molar-refractivity contribution >= 4 is 63.7 Å². The molecule has 0 aliphatic heterocycles. The Kier molecular flexibility index (Phi) is 34.5. The average Bonchev–Trinajstić information content (AvgIpc) is 0.804. The molecular formula is C70H90F3N13O10S3. The van der Waals surface area contributed by atoms with Gasteiger partial charge in [-0.25, -0.2) is 45.2 Å². The minimum Gasteiger partial charge on any atom is -0.493 e. The molecule has 3 aromatic heterocycles. The summed E-state index contributed by atoms with van der Waals surface area (Å²) in [6, 6.07) is 32.5. The number of hydrogen-bond donors (Lipinski definition) is 4. The van der Waals surface area contributed by atoms with Gasteiger partial charge in [0.15, 0.2) is 27.0 Å². The summed E-state index contributed by atoms with van der Waals surface area (Å²) < 4.78 is 131. The SMILES string of the molecule is CCCCCCCCOc1ccc(C)cc1Cc1ccnc(C(F)(F)F)n1.COc1nc(Cc2cccc(C)c2)nc(OC)n1.Cc1ccc2nc(C)nc(NNS(C)(=O)=O)c2c1.Cc1cccc(C)c1.[C-]#[N+]c1cc(NNS(=O)(=O)CCCOC)c(S(=O)(=O)CCCCC)cc1[N+]#[C-]. The summed E-state index contributed by atoms with van der Waals surface area (Å²) in [7, 11) is -6.36. The van der Waals surface area contributed by atoms with Crippen molar-refractivity contribution in [3.8, 4) is 17.8 Å². The van der Waals surface area contributed by atoms with Crippen molar-refractivity contribution in [2.24, 2.45) is 0 Å². The zero-order valence-electron chi connectivity index (χ0n) is 58.2. The molecule has 0 aliphatic rings. The first-order chi connectivity index (χ1) is 46.9. The summed E-state index contributed by atoms with van der Waals surface area (Å²) in [5.41, 5.74) is 13.8. The van der Waals surface area contributed by atoms with Crippen LogP contribution in [0.4, 0.5) is 36.1 Å². The molecule has 99 heavy (non-hydrogen) atoms. The number of aromatic nitrogens is 7. The number of ether oxygens (including phenoxy) is 4. The largest absolute Gasteiger partial charge is 0.493 e. The van der Waals surface area contributed by atoms with Crippen molar-refractivity contribution in [2.45, 2.75) is 144 Å². The van der Waals surface area contributed by atoms with Crippen molar-refractivity contribution in [3.05, 3.63) is 194 Å². The van der Waals surface area contributed by atoms with Gasteiger partial charge in [-0.15, -0.1) is 14.6 Å². The minimum absolute atomic E-state index is 0.0661. The zero-order chi connectivity index (χ0) is 73.2. The van der Waals surface area contributed by atoms with Crippen molar-refractivity contribution in [3.63, 3.8) is 0 Å². The first-order valence-corrected chi connectivity index (χ1v) is 37.1. The molecule has 0 bridgehead atoms. The van der Waals surface area contributed by atoms with Crippen LogP contribution in [0.2, 0.25) is 0 Å². The third kappa shape index (κ3) is 30.8. The van der Waals surface area contributed by atoms with Crippen LogP contribution >= 0.6 is 0 Å². The molecule has 0 radical (unpaired) electrons. The number of methoxy groups -OCH3 is 3. The molecule has 23 nitrogen and oxygen atoms in total. The Morgan fingerprint density at radius 2 is 1.16 bits per heavy atom. The van der Waals surface area contributed by atoms with Gasteiger partial charge in [-0.1, -0.05) is 153 Å². The van der Waals surface area contributed by atoms with Crippen LogP contribution in [0.15, 0.2) is 114 Å². The first-order valence-electron chi connectivity index (χ1n) is 31.9. The standard InChI is InChI=1S/C21H27F3N2O.C17H24N4O5S2.C13H15N3O2.C11H14N4O2S.C8H10/c1-3-4-5-6-7-8-13-27-19-10-9-16(2)14-17(19)15-18-11-12-25-20(26-18)21(22,23)24;1-5-6-7-10-27(22,23)17-13-15(19-3)14(18-2)12-16(17)20-21-28(24,25)11-8-9-26-4;1-9-5-4-6-10(7-9)8-11-14-12(17-2)16-13(15-11)18-3;1-7-4-5-10-9(6-7)11(13-8(2)12-10)14-15-18(3,16)17;1-7-4-3-5-8(2)6-7/h9-12,14H,3-8,13,15H2,1-2H3;12-13,20-21H,5-11H2,1,4H3;4-7H,8H2,1-3H3;4-6,15H,1-3H3,(H,12,13,14);3-6H,1-2H3. The van der Waals surface area contributed by atoms with Crippen LogP contribution in [0, 0.1) is 54.7 Å². The van der Waals surface area contributed by atoms with Gasteiger partial charge in [-0.05, 0) is 103 Å². The predicted molar refractivity (Wildman–Crippen MR) is 381 cm³/mol. The van der Waals surface area contributed by atoms with E-state index in [0.29, 0.717) is 48.4 Å². The number of benzene rings is 5. The number of anilines is 2. The first kappa shape index (κ1) is 82.5. The number of rotatable bonds is 29. The molecular weight excluding hydrogens is 1340 g/mol. The molecule has 29 heteroatoms. The number of hydrazine groups is 2. The van der Waals surface area contributed by atoms with Gasteiger partial charge < -0.3 is 24.4 Å². The Balaban J connectivity index is 0.000000273. The molecule has 8 rings (SSSR count). The summed E-state index contributed by atoms with van der Waals surface area (Å²) in [5.74, 6) is 0.899. The number of halogens is 3. The van der Waals surface area contributed by atoms with Crippen LogP contribution in [0.5, 0.6) is 17.8 Å². The van der Waals surface area contributed by atoms with Gasteiger partial charge in [0.05, 0.1) is 67.8 Å². The lowest BCUT2D eigenvalue weighted by molar-refractivity contribution is -0.145. The zero-order valence-corrected chi connectivity index (χ0v) is 60.6. The fraction of sp³-hybridized carbons (Fsp3) is 0.414. The predicted octanol–water partition coefficient (Wildman–Crippen LogP) is 14.4. The molecule has 0 amide bonds. The van der Waals surface area contributed by atoms with E-state index in [1.165, 1.54) is 75.8 Å². The third-order valence-electron chi connectivity index (χ3n) is 14.0. The van der Waals surface area contributed by atoms with Gasteiger partial charge >= 0.3 is 18.2 Å². The highest BCUT2D eigenvalue weighted by atomic mass is 32.2. The summed E-state index contributed by atoms with van der Waals surface area (Å²) in [5, 5.41) is 0.775. The Bertz CT molecular complexity index is 4290. The Hall–Kier alpha value is -8.97. The Labute approximate surface area is 581 Å². The molecule has 0 atom stereocenters. The summed E-state index contributed by atoms with van der Waals surface area (Å²) >= 11 is 0. The highest BCUT2D eigenvalue weighted by Crippen LogP contribution is 2.37. The fourth-order valence-electron chi connectivity index (χ4n) is 9.24. The normalized spacial score (nSPS) is 11.2. The number of sulfone groups is 1. The van der Waals surface area contributed by atoms with Gasteiger partial charge in [-0.2, -0.15) is 23.1 Å². The second-order valence-corrected chi connectivity index (χ2v) is 28.6. The van der Waals surface area contributed by atoms with Crippen molar-refractivity contribution in [2.75, 3.05) is 63.2 Å². The smallest absolute Gasteiger partial charge is 0.451 e. The van der Waals surface area contributed by atoms with Crippen LogP contribution in [0.3, 0.4) is 0 Å².